The Labute approximate surface area is 141 Å². The van der Waals surface area contributed by atoms with Crippen LogP contribution in [-0.4, -0.2) is 41.9 Å². The summed E-state index contributed by atoms with van der Waals surface area (Å²) in [5.41, 5.74) is 0. The fourth-order valence-electron chi connectivity index (χ4n) is 3.30. The van der Waals surface area contributed by atoms with Crippen LogP contribution in [0.5, 0.6) is 0 Å². The molecule has 0 unspecified atom stereocenters. The first kappa shape index (κ1) is 22.8. The van der Waals surface area contributed by atoms with E-state index in [9.17, 15) is 4.89 Å². The van der Waals surface area contributed by atoms with E-state index in [1.807, 2.05) is 0 Å². The molecule has 0 radical (unpaired) electrons. The van der Waals surface area contributed by atoms with Gasteiger partial charge >= 0.3 is 141 Å². The number of unbranched alkanes of at least 4 members (excludes halogenated alkanes) is 3. The van der Waals surface area contributed by atoms with Crippen LogP contribution in [0.15, 0.2) is 0 Å². The zero-order valence-electron chi connectivity index (χ0n) is 16.2. The molecular formula is C18H43O2P2+. The van der Waals surface area contributed by atoms with Crippen LogP contribution in [0.25, 0.3) is 0 Å². The molecule has 136 valence electrons. The van der Waals surface area contributed by atoms with E-state index in [0.717, 1.165) is 75.5 Å². The van der Waals surface area contributed by atoms with E-state index in [1.54, 1.807) is 0 Å². The molecule has 0 aliphatic heterocycles. The van der Waals surface area contributed by atoms with E-state index in [4.69, 9.17) is 4.31 Å². The molecule has 0 saturated carbocycles. The van der Waals surface area contributed by atoms with Gasteiger partial charge in [0.05, 0.1) is 0 Å². The van der Waals surface area contributed by atoms with Crippen molar-refractivity contribution in [3.63, 3.8) is 0 Å². The first-order chi connectivity index (χ1) is 10.4. The molecule has 2 nitrogen and oxygen atoms in total. The number of hydrogen-bond donors (Lipinski definition) is 1. The first-order valence-electron chi connectivity index (χ1n) is 9.71. The molecule has 0 rings (SSSR count). The Hall–Kier alpha value is 0.780. The van der Waals surface area contributed by atoms with Gasteiger partial charge in [-0.1, -0.05) is 0 Å². The van der Waals surface area contributed by atoms with Gasteiger partial charge in [0.2, 0.25) is 0 Å². The average molecular weight is 353 g/mol. The predicted octanol–water partition coefficient (Wildman–Crippen LogP) is 6.77. The van der Waals surface area contributed by atoms with Crippen molar-refractivity contribution in [2.45, 2.75) is 80.1 Å². The van der Waals surface area contributed by atoms with Gasteiger partial charge in [0.25, 0.3) is 0 Å². The van der Waals surface area contributed by atoms with Gasteiger partial charge in [0.15, 0.2) is 0 Å². The molecule has 0 saturated heterocycles. The summed E-state index contributed by atoms with van der Waals surface area (Å²) in [5.74, 6) is 0. The Morgan fingerprint density at radius 2 is 1.00 bits per heavy atom. The van der Waals surface area contributed by atoms with E-state index in [0.29, 0.717) is 0 Å². The summed E-state index contributed by atoms with van der Waals surface area (Å²) in [6.07, 6.45) is 12.9. The van der Waals surface area contributed by atoms with Crippen molar-refractivity contribution in [3.05, 3.63) is 0 Å². The normalized spacial score (nSPS) is 14.8. The van der Waals surface area contributed by atoms with Gasteiger partial charge in [-0.15, -0.1) is 0 Å². The zero-order chi connectivity index (χ0) is 17.1. The minimum atomic E-state index is -3.00. The molecule has 0 atom stereocenters. The summed E-state index contributed by atoms with van der Waals surface area (Å²) < 4.78 is 6.96. The van der Waals surface area contributed by atoms with Crippen LogP contribution in [0.1, 0.15) is 80.1 Å². The SMILES string of the molecule is CCCCP(O)(CCCC)(CCCC)O[P+](CC)(CC)CC. The van der Waals surface area contributed by atoms with Gasteiger partial charge < -0.3 is 0 Å². The van der Waals surface area contributed by atoms with Crippen molar-refractivity contribution in [1.82, 2.24) is 0 Å². The van der Waals surface area contributed by atoms with Crippen LogP contribution in [0, 0.1) is 0 Å². The minimum absolute atomic E-state index is 0.934. The summed E-state index contributed by atoms with van der Waals surface area (Å²) in [6.45, 7) is 13.5. The standard InChI is InChI=1S/C18H43O2P2/c1-7-13-16-22(19,17-14-8-2,18-15-9-3)20-21(10-4,11-5)12-6/h19H,7-18H2,1-6H3/q+1. The van der Waals surface area contributed by atoms with E-state index in [1.165, 1.54) is 0 Å². The molecule has 4 heteroatoms. The van der Waals surface area contributed by atoms with E-state index in [2.05, 4.69) is 41.5 Å². The average Bonchev–Trinajstić information content (AvgIpc) is 2.55. The van der Waals surface area contributed by atoms with Gasteiger partial charge in [0, 0.05) is 0 Å². The summed E-state index contributed by atoms with van der Waals surface area (Å²) in [5, 5.41) is 0. The Morgan fingerprint density at radius 3 is 1.23 bits per heavy atom. The van der Waals surface area contributed by atoms with Gasteiger partial charge in [0.1, 0.15) is 0 Å². The molecule has 0 bridgehead atoms. The van der Waals surface area contributed by atoms with Gasteiger partial charge in [-0.25, -0.2) is 0 Å². The molecule has 0 spiro atoms. The molecular weight excluding hydrogens is 310 g/mol. The first-order valence-corrected chi connectivity index (χ1v) is 14.6. The van der Waals surface area contributed by atoms with Crippen LogP contribution in [-0.2, 0) is 4.31 Å². The maximum absolute atomic E-state index is 12.0. The third-order valence-electron chi connectivity index (χ3n) is 5.17. The summed E-state index contributed by atoms with van der Waals surface area (Å²) in [4.78, 5) is 12.0. The summed E-state index contributed by atoms with van der Waals surface area (Å²) in [7, 11) is -4.44. The maximum atomic E-state index is 12.0. The predicted molar refractivity (Wildman–Crippen MR) is 108 cm³/mol. The molecule has 0 aliphatic carbocycles. The molecule has 0 fully saturated rings. The van der Waals surface area contributed by atoms with Crippen LogP contribution in [0.4, 0.5) is 0 Å². The molecule has 0 heterocycles. The summed E-state index contributed by atoms with van der Waals surface area (Å²) >= 11 is 0. The van der Waals surface area contributed by atoms with Gasteiger partial charge in [-0.2, -0.15) is 0 Å². The summed E-state index contributed by atoms with van der Waals surface area (Å²) in [6, 6.07) is 0. The van der Waals surface area contributed by atoms with Crippen LogP contribution >= 0.6 is 14.5 Å². The van der Waals surface area contributed by atoms with Crippen LogP contribution in [0.3, 0.4) is 0 Å². The second-order valence-corrected chi connectivity index (χ2v) is 16.0. The Balaban J connectivity index is 5.56. The molecule has 0 aromatic rings. The van der Waals surface area contributed by atoms with Crippen LogP contribution in [0.2, 0.25) is 0 Å². The molecule has 1 N–H and O–H groups in total. The second kappa shape index (κ2) is 10.6. The van der Waals surface area contributed by atoms with Crippen molar-refractivity contribution in [2.24, 2.45) is 0 Å². The van der Waals surface area contributed by atoms with Crippen molar-refractivity contribution < 1.29 is 9.20 Å². The second-order valence-electron chi connectivity index (χ2n) is 6.88. The number of rotatable bonds is 14. The third kappa shape index (κ3) is 6.72. The fourth-order valence-corrected chi connectivity index (χ4v) is 14.3. The Morgan fingerprint density at radius 1 is 0.682 bits per heavy atom. The van der Waals surface area contributed by atoms with Gasteiger partial charge in [-0.3, -0.25) is 0 Å². The third-order valence-corrected chi connectivity index (χ3v) is 15.7. The topological polar surface area (TPSA) is 29.5 Å². The fraction of sp³-hybridized carbons (Fsp3) is 1.00. The monoisotopic (exact) mass is 353 g/mol. The van der Waals surface area contributed by atoms with Crippen molar-refractivity contribution >= 4 is 14.5 Å². The molecule has 0 aliphatic rings. The van der Waals surface area contributed by atoms with Crippen molar-refractivity contribution in [2.75, 3.05) is 37.0 Å². The molecule has 22 heavy (non-hydrogen) atoms. The quantitative estimate of drug-likeness (QED) is 0.349. The van der Waals surface area contributed by atoms with E-state index < -0.39 is 14.5 Å². The molecule has 0 aromatic heterocycles. The van der Waals surface area contributed by atoms with Crippen molar-refractivity contribution in [3.8, 4) is 0 Å². The molecule has 0 aromatic carbocycles. The van der Waals surface area contributed by atoms with Crippen LogP contribution < -0.4 is 0 Å². The Bertz CT molecular complexity index is 258. The van der Waals surface area contributed by atoms with Crippen molar-refractivity contribution in [1.29, 1.82) is 0 Å². The number of hydrogen-bond acceptors (Lipinski definition) is 2. The van der Waals surface area contributed by atoms with E-state index >= 15 is 0 Å². The zero-order valence-corrected chi connectivity index (χ0v) is 18.0. The Kier molecular flexibility index (Phi) is 11.0. The molecule has 0 amide bonds. The van der Waals surface area contributed by atoms with E-state index in [-0.39, 0.29) is 0 Å². The van der Waals surface area contributed by atoms with Gasteiger partial charge in [-0.05, 0) is 0 Å².